The average Bonchev–Trinajstić information content (AvgIpc) is 2.53. The van der Waals surface area contributed by atoms with Gasteiger partial charge < -0.3 is 23.7 Å². The van der Waals surface area contributed by atoms with Crippen LogP contribution in [0.5, 0.6) is 5.75 Å². The Hall–Kier alpha value is -1.88. The number of hydrogen-bond donors (Lipinski definition) is 0. The van der Waals surface area contributed by atoms with Crippen molar-refractivity contribution in [2.24, 2.45) is 0 Å². The van der Waals surface area contributed by atoms with Gasteiger partial charge in [0, 0.05) is 24.3 Å². The quantitative estimate of drug-likeness (QED) is 0.359. The van der Waals surface area contributed by atoms with Crippen LogP contribution in [-0.4, -0.2) is 49.1 Å². The third kappa shape index (κ3) is 5.84. The highest BCUT2D eigenvalue weighted by Crippen LogP contribution is 2.27. The normalized spacial score (nSPS) is 25.1. The van der Waals surface area contributed by atoms with Gasteiger partial charge in [0.05, 0.1) is 6.61 Å². The molecule has 1 fully saturated rings. The number of rotatable bonds is 5. The van der Waals surface area contributed by atoms with E-state index in [4.69, 9.17) is 23.7 Å². The van der Waals surface area contributed by atoms with E-state index in [0.717, 1.165) is 3.57 Å². The zero-order valence-corrected chi connectivity index (χ0v) is 16.6. The first kappa shape index (κ1) is 20.4. The summed E-state index contributed by atoms with van der Waals surface area (Å²) in [7, 11) is 0. The summed E-state index contributed by atoms with van der Waals surface area (Å²) in [5.41, 5.74) is 0. The van der Waals surface area contributed by atoms with Crippen LogP contribution >= 0.6 is 22.6 Å². The highest BCUT2D eigenvalue weighted by Gasteiger charge is 2.48. The largest absolute Gasteiger partial charge is 0.461 e. The minimum Gasteiger partial charge on any atom is -0.461 e. The first-order chi connectivity index (χ1) is 12.3. The van der Waals surface area contributed by atoms with Gasteiger partial charge in [0.2, 0.25) is 12.4 Å². The van der Waals surface area contributed by atoms with Crippen LogP contribution in [0.15, 0.2) is 24.3 Å². The van der Waals surface area contributed by atoms with Crippen molar-refractivity contribution >= 4 is 40.5 Å². The van der Waals surface area contributed by atoms with Gasteiger partial charge in [-0.25, -0.2) is 0 Å². The van der Waals surface area contributed by atoms with Crippen LogP contribution in [0.2, 0.25) is 0 Å². The zero-order chi connectivity index (χ0) is 19.3. The SMILES string of the molecule is CC(=O)OC1COC(Oc2ccc(I)cc2)C(OC(C)=O)C1OC(C)=O. The lowest BCUT2D eigenvalue weighted by molar-refractivity contribution is -0.259. The van der Waals surface area contributed by atoms with Crippen LogP contribution in [0.3, 0.4) is 0 Å². The second kappa shape index (κ2) is 9.17. The van der Waals surface area contributed by atoms with Gasteiger partial charge in [-0.1, -0.05) is 0 Å². The van der Waals surface area contributed by atoms with E-state index in [1.807, 2.05) is 12.1 Å². The number of benzene rings is 1. The van der Waals surface area contributed by atoms with E-state index in [2.05, 4.69) is 22.6 Å². The Labute approximate surface area is 164 Å². The molecule has 1 aliphatic heterocycles. The fourth-order valence-corrected chi connectivity index (χ4v) is 2.82. The van der Waals surface area contributed by atoms with Crippen molar-refractivity contribution in [1.29, 1.82) is 0 Å². The molecule has 1 heterocycles. The number of hydrogen-bond acceptors (Lipinski definition) is 8. The number of carbonyl (C=O) groups excluding carboxylic acids is 3. The highest BCUT2D eigenvalue weighted by atomic mass is 127. The van der Waals surface area contributed by atoms with Crippen molar-refractivity contribution < 1.29 is 38.1 Å². The zero-order valence-electron chi connectivity index (χ0n) is 14.5. The molecule has 26 heavy (non-hydrogen) atoms. The molecule has 0 spiro atoms. The molecule has 1 aliphatic rings. The smallest absolute Gasteiger partial charge is 0.303 e. The second-order valence-corrected chi connectivity index (χ2v) is 6.82. The Morgan fingerprint density at radius 1 is 0.923 bits per heavy atom. The molecular formula is C17H19IO8. The van der Waals surface area contributed by atoms with Crippen LogP contribution in [0.4, 0.5) is 0 Å². The second-order valence-electron chi connectivity index (χ2n) is 5.57. The fourth-order valence-electron chi connectivity index (χ4n) is 2.46. The van der Waals surface area contributed by atoms with Gasteiger partial charge in [0.15, 0.2) is 12.2 Å². The molecule has 0 amide bonds. The van der Waals surface area contributed by atoms with Crippen LogP contribution in [-0.2, 0) is 33.3 Å². The molecule has 0 aliphatic carbocycles. The van der Waals surface area contributed by atoms with E-state index in [1.54, 1.807) is 12.1 Å². The van der Waals surface area contributed by atoms with Crippen molar-refractivity contribution in [3.63, 3.8) is 0 Å². The monoisotopic (exact) mass is 478 g/mol. The third-order valence-corrected chi connectivity index (χ3v) is 4.09. The molecule has 0 aromatic heterocycles. The maximum absolute atomic E-state index is 11.5. The topological polar surface area (TPSA) is 97.4 Å². The third-order valence-electron chi connectivity index (χ3n) is 3.37. The van der Waals surface area contributed by atoms with Gasteiger partial charge >= 0.3 is 17.9 Å². The van der Waals surface area contributed by atoms with Gasteiger partial charge in [-0.05, 0) is 46.9 Å². The molecule has 8 nitrogen and oxygen atoms in total. The minimum absolute atomic E-state index is 0.0790. The molecule has 4 unspecified atom stereocenters. The molecule has 2 rings (SSSR count). The van der Waals surface area contributed by atoms with Crippen LogP contribution in [0, 0.1) is 3.57 Å². The Kier molecular flexibility index (Phi) is 7.21. The van der Waals surface area contributed by atoms with E-state index in [-0.39, 0.29) is 6.61 Å². The van der Waals surface area contributed by atoms with Crippen molar-refractivity contribution in [2.75, 3.05) is 6.61 Å². The molecule has 4 atom stereocenters. The molecule has 0 radical (unpaired) electrons. The van der Waals surface area contributed by atoms with Crippen LogP contribution < -0.4 is 4.74 Å². The molecule has 9 heteroatoms. The first-order valence-corrected chi connectivity index (χ1v) is 8.89. The molecular weight excluding hydrogens is 459 g/mol. The van der Waals surface area contributed by atoms with Crippen molar-refractivity contribution in [3.05, 3.63) is 27.8 Å². The van der Waals surface area contributed by atoms with Crippen molar-refractivity contribution in [2.45, 2.75) is 45.4 Å². The maximum Gasteiger partial charge on any atom is 0.303 e. The van der Waals surface area contributed by atoms with E-state index in [9.17, 15) is 14.4 Å². The Bertz CT molecular complexity index is 659. The summed E-state index contributed by atoms with van der Waals surface area (Å²) in [6.45, 7) is 3.56. The first-order valence-electron chi connectivity index (χ1n) is 7.81. The molecule has 142 valence electrons. The molecule has 1 aromatic rings. The molecule has 1 saturated heterocycles. The molecule has 0 bridgehead atoms. The fraction of sp³-hybridized carbons (Fsp3) is 0.471. The van der Waals surface area contributed by atoms with Gasteiger partial charge in [0.25, 0.3) is 0 Å². The van der Waals surface area contributed by atoms with E-state index in [0.29, 0.717) is 5.75 Å². The number of esters is 3. The Balaban J connectivity index is 2.25. The summed E-state index contributed by atoms with van der Waals surface area (Å²) in [6.07, 6.45) is -4.11. The standard InChI is InChI=1S/C17H19IO8/c1-9(19)23-14-8-22-17(26-13-6-4-12(18)5-7-13)16(25-11(3)21)15(14)24-10(2)20/h4-7,14-17H,8H2,1-3H3. The van der Waals surface area contributed by atoms with Crippen molar-refractivity contribution in [1.82, 2.24) is 0 Å². The molecule has 1 aromatic carbocycles. The number of halogens is 1. The van der Waals surface area contributed by atoms with E-state index in [1.165, 1.54) is 20.8 Å². The van der Waals surface area contributed by atoms with Crippen LogP contribution in [0.1, 0.15) is 20.8 Å². The minimum atomic E-state index is -1.10. The van der Waals surface area contributed by atoms with Crippen LogP contribution in [0.25, 0.3) is 0 Å². The van der Waals surface area contributed by atoms with Gasteiger partial charge in [-0.15, -0.1) is 0 Å². The lowest BCUT2D eigenvalue weighted by Gasteiger charge is -2.40. The Morgan fingerprint density at radius 3 is 2.00 bits per heavy atom. The Morgan fingerprint density at radius 2 is 1.46 bits per heavy atom. The summed E-state index contributed by atoms with van der Waals surface area (Å²) in [6, 6.07) is 7.14. The predicted molar refractivity (Wildman–Crippen MR) is 96.2 cm³/mol. The average molecular weight is 478 g/mol. The van der Waals surface area contributed by atoms with Crippen molar-refractivity contribution in [3.8, 4) is 5.75 Å². The lowest BCUT2D eigenvalue weighted by atomic mass is 10.0. The number of ether oxygens (including phenoxy) is 5. The maximum atomic E-state index is 11.5. The summed E-state index contributed by atoms with van der Waals surface area (Å²) in [5, 5.41) is 0. The predicted octanol–water partition coefficient (Wildman–Crippen LogP) is 1.82. The summed E-state index contributed by atoms with van der Waals surface area (Å²) < 4.78 is 28.0. The lowest BCUT2D eigenvalue weighted by Crippen LogP contribution is -2.59. The van der Waals surface area contributed by atoms with E-state index < -0.39 is 42.5 Å². The van der Waals surface area contributed by atoms with Gasteiger partial charge in [-0.2, -0.15) is 0 Å². The van der Waals surface area contributed by atoms with Gasteiger partial charge in [0.1, 0.15) is 5.75 Å². The highest BCUT2D eigenvalue weighted by molar-refractivity contribution is 14.1. The van der Waals surface area contributed by atoms with E-state index >= 15 is 0 Å². The molecule has 0 N–H and O–H groups in total. The number of carbonyl (C=O) groups is 3. The van der Waals surface area contributed by atoms with Gasteiger partial charge in [-0.3, -0.25) is 14.4 Å². The summed E-state index contributed by atoms with van der Waals surface area (Å²) in [5.74, 6) is -1.32. The summed E-state index contributed by atoms with van der Waals surface area (Å²) in [4.78, 5) is 34.3. The molecule has 0 saturated carbocycles. The summed E-state index contributed by atoms with van der Waals surface area (Å²) >= 11 is 2.16.